The second-order valence-corrected chi connectivity index (χ2v) is 3.88. The number of halogens is 2. The van der Waals surface area contributed by atoms with E-state index < -0.39 is 11.6 Å². The van der Waals surface area contributed by atoms with Crippen molar-refractivity contribution in [3.05, 3.63) is 29.6 Å². The minimum absolute atomic E-state index is 0.0871. The van der Waals surface area contributed by atoms with E-state index in [1.807, 2.05) is 0 Å². The summed E-state index contributed by atoms with van der Waals surface area (Å²) >= 11 is 0. The Hall–Kier alpha value is -2.02. The molecule has 0 saturated heterocycles. The molecule has 5 nitrogen and oxygen atoms in total. The van der Waals surface area contributed by atoms with Gasteiger partial charge in [0, 0.05) is 20.2 Å². The standard InChI is InChI=1S/C12H13F2N3O2/c1-17-10(6-18-2)15-12(16-17)8-4-7(13)5-9(14)11(8)19-3/h4-5H,6H2,1-3H3. The molecule has 0 aliphatic rings. The van der Waals surface area contributed by atoms with Gasteiger partial charge in [0.2, 0.25) is 0 Å². The van der Waals surface area contributed by atoms with Gasteiger partial charge in [-0.25, -0.2) is 13.8 Å². The van der Waals surface area contributed by atoms with Crippen LogP contribution in [-0.4, -0.2) is 29.0 Å². The molecule has 1 aromatic carbocycles. The van der Waals surface area contributed by atoms with E-state index in [4.69, 9.17) is 9.47 Å². The summed E-state index contributed by atoms with van der Waals surface area (Å²) in [6.45, 7) is 0.254. The van der Waals surface area contributed by atoms with Crippen molar-refractivity contribution in [2.24, 2.45) is 7.05 Å². The summed E-state index contributed by atoms with van der Waals surface area (Å²) < 4.78 is 38.3. The van der Waals surface area contributed by atoms with Gasteiger partial charge in [-0.2, -0.15) is 5.10 Å². The number of rotatable bonds is 4. The van der Waals surface area contributed by atoms with Gasteiger partial charge in [-0.1, -0.05) is 0 Å². The zero-order valence-electron chi connectivity index (χ0n) is 10.8. The van der Waals surface area contributed by atoms with Crippen molar-refractivity contribution in [2.45, 2.75) is 6.61 Å². The number of hydrogen-bond donors (Lipinski definition) is 0. The average Bonchev–Trinajstić information content (AvgIpc) is 2.70. The lowest BCUT2D eigenvalue weighted by atomic mass is 10.1. The molecule has 0 aliphatic carbocycles. The minimum Gasteiger partial charge on any atom is -0.493 e. The zero-order valence-corrected chi connectivity index (χ0v) is 10.8. The van der Waals surface area contributed by atoms with Gasteiger partial charge in [-0.3, -0.25) is 4.68 Å². The summed E-state index contributed by atoms with van der Waals surface area (Å²) in [5.41, 5.74) is 0.165. The molecule has 19 heavy (non-hydrogen) atoms. The topological polar surface area (TPSA) is 49.2 Å². The average molecular weight is 269 g/mol. The molecular formula is C12H13F2N3O2. The van der Waals surface area contributed by atoms with Crippen molar-refractivity contribution in [3.63, 3.8) is 0 Å². The lowest BCUT2D eigenvalue weighted by Crippen LogP contribution is -2.00. The lowest BCUT2D eigenvalue weighted by molar-refractivity contribution is 0.174. The first-order valence-electron chi connectivity index (χ1n) is 5.49. The summed E-state index contributed by atoms with van der Waals surface area (Å²) in [5.74, 6) is -0.864. The molecule has 0 unspecified atom stereocenters. The highest BCUT2D eigenvalue weighted by molar-refractivity contribution is 5.64. The third-order valence-electron chi connectivity index (χ3n) is 2.58. The van der Waals surface area contributed by atoms with Crippen LogP contribution in [-0.2, 0) is 18.4 Å². The largest absolute Gasteiger partial charge is 0.493 e. The summed E-state index contributed by atoms with van der Waals surface area (Å²) in [7, 11) is 4.50. The Labute approximate surface area is 108 Å². The summed E-state index contributed by atoms with van der Waals surface area (Å²) in [6, 6.07) is 1.88. The zero-order chi connectivity index (χ0) is 14.0. The van der Waals surface area contributed by atoms with Crippen molar-refractivity contribution in [1.29, 1.82) is 0 Å². The van der Waals surface area contributed by atoms with E-state index in [2.05, 4.69) is 10.1 Å². The van der Waals surface area contributed by atoms with Crippen LogP contribution in [0.25, 0.3) is 11.4 Å². The van der Waals surface area contributed by atoms with E-state index in [1.54, 1.807) is 7.05 Å². The highest BCUT2D eigenvalue weighted by atomic mass is 19.1. The fourth-order valence-corrected chi connectivity index (χ4v) is 1.72. The van der Waals surface area contributed by atoms with E-state index in [0.717, 1.165) is 12.1 Å². The monoisotopic (exact) mass is 269 g/mol. The number of aromatic nitrogens is 3. The molecule has 0 atom stereocenters. The molecule has 2 rings (SSSR count). The fourth-order valence-electron chi connectivity index (χ4n) is 1.72. The summed E-state index contributed by atoms with van der Waals surface area (Å²) in [6.07, 6.45) is 0. The molecule has 7 heteroatoms. The smallest absolute Gasteiger partial charge is 0.185 e. The number of benzene rings is 1. The Kier molecular flexibility index (Phi) is 3.75. The molecule has 1 heterocycles. The molecule has 0 fully saturated rings. The molecule has 102 valence electrons. The highest BCUT2D eigenvalue weighted by Gasteiger charge is 2.18. The van der Waals surface area contributed by atoms with E-state index in [9.17, 15) is 8.78 Å². The van der Waals surface area contributed by atoms with Crippen LogP contribution in [0, 0.1) is 11.6 Å². The molecule has 0 saturated carbocycles. The molecule has 0 amide bonds. The van der Waals surface area contributed by atoms with Crippen molar-refractivity contribution < 1.29 is 18.3 Å². The predicted molar refractivity (Wildman–Crippen MR) is 63.6 cm³/mol. The van der Waals surface area contributed by atoms with Crippen molar-refractivity contribution >= 4 is 0 Å². The van der Waals surface area contributed by atoms with Gasteiger partial charge < -0.3 is 9.47 Å². The van der Waals surface area contributed by atoms with Crippen molar-refractivity contribution in [1.82, 2.24) is 14.8 Å². The maximum Gasteiger partial charge on any atom is 0.185 e. The Balaban J connectivity index is 2.55. The maximum absolute atomic E-state index is 13.6. The molecule has 1 aromatic heterocycles. The Morgan fingerprint density at radius 3 is 2.63 bits per heavy atom. The lowest BCUT2D eigenvalue weighted by Gasteiger charge is -2.06. The van der Waals surface area contributed by atoms with Gasteiger partial charge in [-0.15, -0.1) is 0 Å². The molecule has 0 bridgehead atoms. The second-order valence-electron chi connectivity index (χ2n) is 3.88. The number of ether oxygens (including phenoxy) is 2. The Bertz CT molecular complexity index is 599. The third kappa shape index (κ3) is 2.55. The fraction of sp³-hybridized carbons (Fsp3) is 0.333. The van der Waals surface area contributed by atoms with E-state index in [0.29, 0.717) is 5.82 Å². The first-order valence-corrected chi connectivity index (χ1v) is 5.49. The molecule has 0 N–H and O–H groups in total. The van der Waals surface area contributed by atoms with Gasteiger partial charge in [-0.05, 0) is 6.07 Å². The SMILES string of the molecule is COCc1nc(-c2cc(F)cc(F)c2OC)nn1C. The molecular weight excluding hydrogens is 256 g/mol. The van der Waals surface area contributed by atoms with Crippen molar-refractivity contribution in [2.75, 3.05) is 14.2 Å². The number of nitrogens with zero attached hydrogens (tertiary/aromatic N) is 3. The molecule has 0 radical (unpaired) electrons. The first-order chi connectivity index (χ1) is 9.06. The van der Waals surface area contributed by atoms with Crippen LogP contribution < -0.4 is 4.74 Å². The van der Waals surface area contributed by atoms with Crippen LogP contribution in [0.15, 0.2) is 12.1 Å². The minimum atomic E-state index is -0.793. The van der Waals surface area contributed by atoms with Crippen molar-refractivity contribution in [3.8, 4) is 17.1 Å². The second kappa shape index (κ2) is 5.31. The normalized spacial score (nSPS) is 10.8. The van der Waals surface area contributed by atoms with Gasteiger partial charge in [0.15, 0.2) is 23.2 Å². The van der Waals surface area contributed by atoms with Crippen LogP contribution in [0.4, 0.5) is 8.78 Å². The third-order valence-corrected chi connectivity index (χ3v) is 2.58. The van der Waals surface area contributed by atoms with E-state index >= 15 is 0 Å². The van der Waals surface area contributed by atoms with Crippen LogP contribution in [0.5, 0.6) is 5.75 Å². The number of hydrogen-bond acceptors (Lipinski definition) is 4. The number of aryl methyl sites for hydroxylation is 1. The van der Waals surface area contributed by atoms with Crippen LogP contribution in [0.2, 0.25) is 0 Å². The van der Waals surface area contributed by atoms with Crippen LogP contribution in [0.1, 0.15) is 5.82 Å². The van der Waals surface area contributed by atoms with Crippen LogP contribution in [0.3, 0.4) is 0 Å². The summed E-state index contributed by atoms with van der Waals surface area (Å²) in [4.78, 5) is 4.17. The van der Waals surface area contributed by atoms with E-state index in [1.165, 1.54) is 18.9 Å². The Morgan fingerprint density at radius 1 is 1.26 bits per heavy atom. The quantitative estimate of drug-likeness (QED) is 0.850. The highest BCUT2D eigenvalue weighted by Crippen LogP contribution is 2.31. The molecule has 2 aromatic rings. The maximum atomic E-state index is 13.6. The number of methoxy groups -OCH3 is 2. The first kappa shape index (κ1) is 13.4. The summed E-state index contributed by atoms with van der Waals surface area (Å²) in [5, 5.41) is 4.10. The molecule has 0 spiro atoms. The van der Waals surface area contributed by atoms with Gasteiger partial charge in [0.05, 0.1) is 12.7 Å². The van der Waals surface area contributed by atoms with Gasteiger partial charge in [0.1, 0.15) is 12.4 Å². The van der Waals surface area contributed by atoms with E-state index in [-0.39, 0.29) is 23.7 Å². The Morgan fingerprint density at radius 2 is 2.00 bits per heavy atom. The molecule has 0 aliphatic heterocycles. The van der Waals surface area contributed by atoms with Gasteiger partial charge >= 0.3 is 0 Å². The van der Waals surface area contributed by atoms with Gasteiger partial charge in [0.25, 0.3) is 0 Å². The predicted octanol–water partition coefficient (Wildman–Crippen LogP) is 1.92. The van der Waals surface area contributed by atoms with Crippen LogP contribution >= 0.6 is 0 Å².